The van der Waals surface area contributed by atoms with Crippen LogP contribution in [0, 0.1) is 0 Å². The van der Waals surface area contributed by atoms with Crippen molar-refractivity contribution in [2.75, 3.05) is 25.0 Å². The van der Waals surface area contributed by atoms with Crippen LogP contribution >= 0.6 is 11.5 Å². The number of anilines is 1. The van der Waals surface area contributed by atoms with Gasteiger partial charge in [0.15, 0.2) is 0 Å². The molecule has 0 bridgehead atoms. The van der Waals surface area contributed by atoms with Gasteiger partial charge in [-0.2, -0.15) is 4.37 Å². The third kappa shape index (κ3) is 2.35. The average molecular weight is 240 g/mol. The zero-order valence-corrected chi connectivity index (χ0v) is 11.0. The number of hydrogen-bond donors (Lipinski definition) is 1. The third-order valence-corrected chi connectivity index (χ3v) is 3.78. The Bertz CT molecular complexity index is 336. The molecule has 16 heavy (non-hydrogen) atoms. The van der Waals surface area contributed by atoms with E-state index >= 15 is 0 Å². The molecule has 2 heterocycles. The summed E-state index contributed by atoms with van der Waals surface area (Å²) in [4.78, 5) is 7.03. The van der Waals surface area contributed by atoms with Crippen molar-refractivity contribution in [1.82, 2.24) is 14.7 Å². The summed E-state index contributed by atoms with van der Waals surface area (Å²) in [5, 5.41) is 4.35. The van der Waals surface area contributed by atoms with Gasteiger partial charge in [-0.05, 0) is 19.9 Å². The lowest BCUT2D eigenvalue weighted by Gasteiger charge is -2.23. The van der Waals surface area contributed by atoms with Gasteiger partial charge in [-0.1, -0.05) is 13.8 Å². The Morgan fingerprint density at radius 2 is 2.38 bits per heavy atom. The standard InChI is InChI=1S/C11H20N4S/c1-8(2)10-13-11(16-14-10)15-6-4-5-9(15)7-12-3/h8-9,12H,4-7H2,1-3H3. The second-order valence-corrected chi connectivity index (χ2v) is 5.37. The normalized spacial score (nSPS) is 21.0. The van der Waals surface area contributed by atoms with Gasteiger partial charge in [-0.25, -0.2) is 4.98 Å². The smallest absolute Gasteiger partial charge is 0.205 e. The zero-order chi connectivity index (χ0) is 11.5. The molecule has 1 fully saturated rings. The Hall–Kier alpha value is -0.680. The molecule has 0 aliphatic carbocycles. The molecular formula is C11H20N4S. The summed E-state index contributed by atoms with van der Waals surface area (Å²) in [6.07, 6.45) is 2.53. The number of hydrogen-bond acceptors (Lipinski definition) is 5. The minimum Gasteiger partial charge on any atom is -0.343 e. The van der Waals surface area contributed by atoms with Crippen LogP contribution in [0.4, 0.5) is 5.13 Å². The van der Waals surface area contributed by atoms with Crippen molar-refractivity contribution >= 4 is 16.7 Å². The van der Waals surface area contributed by atoms with Crippen molar-refractivity contribution in [3.63, 3.8) is 0 Å². The summed E-state index contributed by atoms with van der Waals surface area (Å²) in [6, 6.07) is 0.595. The maximum atomic E-state index is 4.63. The molecule has 0 amide bonds. The molecule has 1 aliphatic heterocycles. The summed E-state index contributed by atoms with van der Waals surface area (Å²) in [5.41, 5.74) is 0. The minimum atomic E-state index is 0.426. The Labute approximate surface area is 101 Å². The van der Waals surface area contributed by atoms with E-state index in [2.05, 4.69) is 33.4 Å². The molecule has 0 radical (unpaired) electrons. The van der Waals surface area contributed by atoms with Crippen molar-refractivity contribution in [2.45, 2.75) is 38.6 Å². The Morgan fingerprint density at radius 1 is 1.56 bits per heavy atom. The number of rotatable bonds is 4. The highest BCUT2D eigenvalue weighted by Crippen LogP contribution is 2.28. The van der Waals surface area contributed by atoms with Crippen LogP contribution in [0.25, 0.3) is 0 Å². The van der Waals surface area contributed by atoms with Crippen LogP contribution in [0.2, 0.25) is 0 Å². The van der Waals surface area contributed by atoms with E-state index in [-0.39, 0.29) is 0 Å². The molecule has 5 heteroatoms. The summed E-state index contributed by atoms with van der Waals surface area (Å²) < 4.78 is 4.42. The fourth-order valence-corrected chi connectivity index (χ4v) is 3.02. The van der Waals surface area contributed by atoms with Gasteiger partial charge in [-0.3, -0.25) is 0 Å². The van der Waals surface area contributed by atoms with Crippen LogP contribution in [0.3, 0.4) is 0 Å². The van der Waals surface area contributed by atoms with Crippen molar-refractivity contribution in [2.24, 2.45) is 0 Å². The molecule has 0 aromatic carbocycles. The van der Waals surface area contributed by atoms with E-state index in [1.807, 2.05) is 7.05 Å². The maximum absolute atomic E-state index is 4.63. The molecule has 90 valence electrons. The maximum Gasteiger partial charge on any atom is 0.205 e. The SMILES string of the molecule is CNCC1CCCN1c1nc(C(C)C)ns1. The summed E-state index contributed by atoms with van der Waals surface area (Å²) in [5.74, 6) is 1.41. The van der Waals surface area contributed by atoms with Crippen LogP contribution in [0.5, 0.6) is 0 Å². The van der Waals surface area contributed by atoms with Gasteiger partial charge in [0, 0.05) is 36.6 Å². The largest absolute Gasteiger partial charge is 0.343 e. The topological polar surface area (TPSA) is 41.0 Å². The van der Waals surface area contributed by atoms with E-state index in [1.54, 1.807) is 11.5 Å². The number of nitrogens with zero attached hydrogens (tertiary/aromatic N) is 3. The van der Waals surface area contributed by atoms with Gasteiger partial charge in [0.05, 0.1) is 0 Å². The van der Waals surface area contributed by atoms with E-state index in [4.69, 9.17) is 0 Å². The Morgan fingerprint density at radius 3 is 3.00 bits per heavy atom. The van der Waals surface area contributed by atoms with Gasteiger partial charge < -0.3 is 10.2 Å². The molecule has 1 unspecified atom stereocenters. The molecular weight excluding hydrogens is 220 g/mol. The highest BCUT2D eigenvalue weighted by molar-refractivity contribution is 7.09. The monoisotopic (exact) mass is 240 g/mol. The van der Waals surface area contributed by atoms with E-state index in [0.717, 1.165) is 24.0 Å². The molecule has 1 aromatic heterocycles. The summed E-state index contributed by atoms with van der Waals surface area (Å²) in [6.45, 7) is 6.44. The third-order valence-electron chi connectivity index (χ3n) is 3.01. The lowest BCUT2D eigenvalue weighted by molar-refractivity contribution is 0.613. The fraction of sp³-hybridized carbons (Fsp3) is 0.818. The second-order valence-electron chi connectivity index (χ2n) is 4.64. The first-order valence-electron chi connectivity index (χ1n) is 5.97. The van der Waals surface area contributed by atoms with Gasteiger partial charge >= 0.3 is 0 Å². The lowest BCUT2D eigenvalue weighted by Crippen LogP contribution is -2.36. The zero-order valence-electron chi connectivity index (χ0n) is 10.2. The first-order chi connectivity index (χ1) is 7.72. The Kier molecular flexibility index (Phi) is 3.76. The fourth-order valence-electron chi connectivity index (χ4n) is 2.11. The van der Waals surface area contributed by atoms with Crippen LogP contribution in [-0.4, -0.2) is 35.5 Å². The summed E-state index contributed by atoms with van der Waals surface area (Å²) in [7, 11) is 2.01. The number of likely N-dealkylation sites (N-methyl/N-ethyl adjacent to an activating group) is 1. The first-order valence-corrected chi connectivity index (χ1v) is 6.74. The molecule has 1 N–H and O–H groups in total. The highest BCUT2D eigenvalue weighted by atomic mass is 32.1. The van der Waals surface area contributed by atoms with Crippen LogP contribution in [0.1, 0.15) is 38.4 Å². The summed E-state index contributed by atoms with van der Waals surface area (Å²) >= 11 is 1.54. The average Bonchev–Trinajstić information content (AvgIpc) is 2.84. The van der Waals surface area contributed by atoms with Gasteiger partial charge in [-0.15, -0.1) is 0 Å². The van der Waals surface area contributed by atoms with Crippen molar-refractivity contribution < 1.29 is 0 Å². The molecule has 0 spiro atoms. The van der Waals surface area contributed by atoms with E-state index in [1.165, 1.54) is 12.8 Å². The van der Waals surface area contributed by atoms with Crippen LogP contribution in [0.15, 0.2) is 0 Å². The predicted molar refractivity (Wildman–Crippen MR) is 68.3 cm³/mol. The van der Waals surface area contributed by atoms with Crippen molar-refractivity contribution in [3.8, 4) is 0 Å². The quantitative estimate of drug-likeness (QED) is 0.872. The number of aromatic nitrogens is 2. The van der Waals surface area contributed by atoms with E-state index in [9.17, 15) is 0 Å². The first kappa shape index (κ1) is 11.8. The lowest BCUT2D eigenvalue weighted by atomic mass is 10.2. The van der Waals surface area contributed by atoms with Crippen LogP contribution in [-0.2, 0) is 0 Å². The predicted octanol–water partition coefficient (Wildman–Crippen LogP) is 1.85. The minimum absolute atomic E-state index is 0.426. The molecule has 2 rings (SSSR count). The molecule has 1 atom stereocenters. The molecule has 4 nitrogen and oxygen atoms in total. The van der Waals surface area contributed by atoms with Gasteiger partial charge in [0.1, 0.15) is 5.82 Å². The van der Waals surface area contributed by atoms with Gasteiger partial charge in [0.25, 0.3) is 0 Å². The molecule has 1 aromatic rings. The second kappa shape index (κ2) is 5.10. The molecule has 1 aliphatic rings. The number of nitrogens with one attached hydrogen (secondary N) is 1. The molecule has 1 saturated heterocycles. The van der Waals surface area contributed by atoms with Crippen molar-refractivity contribution in [3.05, 3.63) is 5.82 Å². The molecule has 0 saturated carbocycles. The van der Waals surface area contributed by atoms with Crippen molar-refractivity contribution in [1.29, 1.82) is 0 Å². The van der Waals surface area contributed by atoms with Crippen LogP contribution < -0.4 is 10.2 Å². The van der Waals surface area contributed by atoms with Gasteiger partial charge in [0.2, 0.25) is 5.13 Å². The Balaban J connectivity index is 2.10. The van der Waals surface area contributed by atoms with E-state index in [0.29, 0.717) is 12.0 Å². The highest BCUT2D eigenvalue weighted by Gasteiger charge is 2.26. The van der Waals surface area contributed by atoms with E-state index < -0.39 is 0 Å².